The van der Waals surface area contributed by atoms with Crippen LogP contribution < -0.4 is 10.5 Å². The molecule has 1 saturated carbocycles. The molecule has 28 heavy (non-hydrogen) atoms. The van der Waals surface area contributed by atoms with Crippen LogP contribution in [-0.2, 0) is 10.0 Å². The summed E-state index contributed by atoms with van der Waals surface area (Å²) < 4.78 is 23.7. The molecular weight excluding hydrogens is 370 g/mol. The molecule has 1 aliphatic carbocycles. The number of pyridine rings is 1. The third-order valence-electron chi connectivity index (χ3n) is 5.77. The molecule has 5 nitrogen and oxygen atoms in total. The summed E-state index contributed by atoms with van der Waals surface area (Å²) in [5, 5.41) is 8.36. The Morgan fingerprint density at radius 2 is 1.68 bits per heavy atom. The van der Waals surface area contributed by atoms with E-state index in [9.17, 15) is 8.42 Å². The van der Waals surface area contributed by atoms with Crippen molar-refractivity contribution in [3.8, 4) is 11.1 Å². The number of hydrogen-bond acceptors (Lipinski definition) is 4. The number of rotatable bonds is 5. The minimum Gasteiger partial charge on any atom is -0.382 e. The number of nitrogens with one attached hydrogen (secondary N) is 1. The first-order valence-corrected chi connectivity index (χ1v) is 11.6. The van der Waals surface area contributed by atoms with E-state index in [4.69, 9.17) is 5.14 Å². The van der Waals surface area contributed by atoms with Crippen molar-refractivity contribution in [2.24, 2.45) is 11.1 Å². The van der Waals surface area contributed by atoms with Crippen molar-refractivity contribution >= 4 is 15.7 Å². The van der Waals surface area contributed by atoms with Crippen LogP contribution in [0.15, 0.2) is 30.3 Å². The van der Waals surface area contributed by atoms with Crippen LogP contribution in [0.2, 0.25) is 0 Å². The van der Waals surface area contributed by atoms with E-state index in [1.165, 1.54) is 12.8 Å². The molecule has 0 saturated heterocycles. The first-order chi connectivity index (χ1) is 13.1. The van der Waals surface area contributed by atoms with Gasteiger partial charge in [-0.15, -0.1) is 0 Å². The smallest absolute Gasteiger partial charge is 0.215 e. The van der Waals surface area contributed by atoms with Crippen LogP contribution in [0.3, 0.4) is 0 Å². The second-order valence-electron chi connectivity index (χ2n) is 8.28. The molecule has 1 aromatic carbocycles. The Kier molecular flexibility index (Phi) is 6.10. The molecule has 0 radical (unpaired) electrons. The minimum absolute atomic E-state index is 0.445. The molecule has 0 aliphatic heterocycles. The van der Waals surface area contributed by atoms with E-state index in [1.807, 2.05) is 44.2 Å². The number of nitrogens with zero attached hydrogens (tertiary/aromatic N) is 1. The number of aromatic nitrogens is 1. The highest BCUT2D eigenvalue weighted by Crippen LogP contribution is 2.35. The molecule has 0 spiro atoms. The normalized spacial score (nSPS) is 21.3. The minimum atomic E-state index is -3.65. The van der Waals surface area contributed by atoms with Gasteiger partial charge in [0.15, 0.2) is 0 Å². The van der Waals surface area contributed by atoms with Crippen LogP contribution in [0.25, 0.3) is 11.1 Å². The molecule has 1 atom stereocenters. The van der Waals surface area contributed by atoms with Gasteiger partial charge >= 0.3 is 0 Å². The molecule has 2 aromatic rings. The fourth-order valence-electron chi connectivity index (χ4n) is 3.98. The summed E-state index contributed by atoms with van der Waals surface area (Å²) in [6.45, 7) is 7.90. The zero-order chi connectivity index (χ0) is 20.5. The molecule has 1 fully saturated rings. The number of benzene rings is 1. The number of sulfonamides is 1. The van der Waals surface area contributed by atoms with Gasteiger partial charge in [0, 0.05) is 28.7 Å². The summed E-state index contributed by atoms with van der Waals surface area (Å²) in [5.41, 5.74) is 5.66. The van der Waals surface area contributed by atoms with Crippen LogP contribution in [0.1, 0.15) is 61.7 Å². The summed E-state index contributed by atoms with van der Waals surface area (Å²) in [4.78, 5) is 4.47. The largest absolute Gasteiger partial charge is 0.382 e. The highest BCUT2D eigenvalue weighted by atomic mass is 32.2. The average Bonchev–Trinajstić information content (AvgIpc) is 2.61. The van der Waals surface area contributed by atoms with E-state index in [1.54, 1.807) is 6.92 Å². The monoisotopic (exact) mass is 401 g/mol. The maximum absolute atomic E-state index is 11.9. The third-order valence-corrected chi connectivity index (χ3v) is 7.03. The summed E-state index contributed by atoms with van der Waals surface area (Å²) in [7, 11) is -3.65. The van der Waals surface area contributed by atoms with Gasteiger partial charge in [-0.2, -0.15) is 0 Å². The Hall–Kier alpha value is -1.92. The predicted octanol–water partition coefficient (Wildman–Crippen LogP) is 4.71. The van der Waals surface area contributed by atoms with Crippen LogP contribution >= 0.6 is 0 Å². The molecule has 1 aliphatic rings. The first kappa shape index (κ1) is 20.8. The van der Waals surface area contributed by atoms with Gasteiger partial charge in [-0.1, -0.05) is 13.0 Å². The number of anilines is 1. The zero-order valence-electron chi connectivity index (χ0n) is 17.2. The van der Waals surface area contributed by atoms with Gasteiger partial charge in [-0.3, -0.25) is 4.98 Å². The van der Waals surface area contributed by atoms with E-state index >= 15 is 0 Å². The Morgan fingerprint density at radius 1 is 1.07 bits per heavy atom. The molecular formula is C22H31N3O2S. The van der Waals surface area contributed by atoms with Gasteiger partial charge in [0.1, 0.15) is 0 Å². The lowest BCUT2D eigenvalue weighted by atomic mass is 9.87. The van der Waals surface area contributed by atoms with E-state index in [0.717, 1.165) is 47.0 Å². The molecule has 3 rings (SSSR count). The highest BCUT2D eigenvalue weighted by Gasteiger charge is 2.22. The van der Waals surface area contributed by atoms with Gasteiger partial charge in [-0.05, 0) is 87.8 Å². The third kappa shape index (κ3) is 4.92. The molecule has 3 N–H and O–H groups in total. The van der Waals surface area contributed by atoms with Crippen LogP contribution in [0.5, 0.6) is 0 Å². The molecule has 1 aromatic heterocycles. The molecule has 1 unspecified atom stereocenters. The zero-order valence-corrected chi connectivity index (χ0v) is 18.0. The second kappa shape index (κ2) is 8.21. The van der Waals surface area contributed by atoms with Crippen molar-refractivity contribution < 1.29 is 8.42 Å². The lowest BCUT2D eigenvalue weighted by Crippen LogP contribution is -2.25. The molecule has 0 amide bonds. The summed E-state index contributed by atoms with van der Waals surface area (Å²) in [6, 6.07) is 10.4. The van der Waals surface area contributed by atoms with Gasteiger partial charge in [-0.25, -0.2) is 13.6 Å². The topological polar surface area (TPSA) is 85.1 Å². The maximum Gasteiger partial charge on any atom is 0.215 e. The standard InChI is InChI=1S/C22H31N3O2S/c1-14-5-8-20(9-6-14)25-22-10-7-18(17(4)28(23,26)27)13-21(22)19-11-15(2)24-16(3)12-19/h7,10-14,17,20,25H,5-6,8-9H2,1-4H3,(H2,23,26,27). The first-order valence-electron chi connectivity index (χ1n) is 10.0. The predicted molar refractivity (Wildman–Crippen MR) is 116 cm³/mol. The Balaban J connectivity index is 2.03. The summed E-state index contributed by atoms with van der Waals surface area (Å²) in [6.07, 6.45) is 4.79. The van der Waals surface area contributed by atoms with Gasteiger partial charge in [0.2, 0.25) is 10.0 Å². The Bertz CT molecular complexity index is 928. The summed E-state index contributed by atoms with van der Waals surface area (Å²) in [5.74, 6) is 0.793. The van der Waals surface area contributed by atoms with Crippen molar-refractivity contribution in [1.29, 1.82) is 0 Å². The summed E-state index contributed by atoms with van der Waals surface area (Å²) >= 11 is 0. The quantitative estimate of drug-likeness (QED) is 0.760. The molecule has 0 bridgehead atoms. The number of primary sulfonamides is 1. The molecule has 1 heterocycles. The van der Waals surface area contributed by atoms with Crippen molar-refractivity contribution in [1.82, 2.24) is 4.98 Å². The van der Waals surface area contributed by atoms with Gasteiger partial charge < -0.3 is 5.32 Å². The van der Waals surface area contributed by atoms with Gasteiger partial charge in [0.25, 0.3) is 0 Å². The lowest BCUT2D eigenvalue weighted by Gasteiger charge is -2.29. The molecule has 6 heteroatoms. The van der Waals surface area contributed by atoms with E-state index in [2.05, 4.69) is 17.2 Å². The van der Waals surface area contributed by atoms with E-state index < -0.39 is 15.3 Å². The van der Waals surface area contributed by atoms with E-state index in [-0.39, 0.29) is 0 Å². The Morgan fingerprint density at radius 3 is 2.25 bits per heavy atom. The second-order valence-corrected chi connectivity index (χ2v) is 10.2. The van der Waals surface area contributed by atoms with Crippen molar-refractivity contribution in [2.45, 2.75) is 64.7 Å². The molecule has 152 valence electrons. The van der Waals surface area contributed by atoms with Crippen molar-refractivity contribution in [2.75, 3.05) is 5.32 Å². The highest BCUT2D eigenvalue weighted by molar-refractivity contribution is 7.89. The Labute approximate surface area is 168 Å². The average molecular weight is 402 g/mol. The number of hydrogen-bond donors (Lipinski definition) is 2. The fourth-order valence-corrected chi connectivity index (χ4v) is 4.51. The van der Waals surface area contributed by atoms with Crippen LogP contribution in [0.4, 0.5) is 5.69 Å². The lowest BCUT2D eigenvalue weighted by molar-refractivity contribution is 0.361. The van der Waals surface area contributed by atoms with Gasteiger partial charge in [0.05, 0.1) is 5.25 Å². The van der Waals surface area contributed by atoms with E-state index in [0.29, 0.717) is 11.6 Å². The number of aryl methyl sites for hydroxylation is 2. The van der Waals surface area contributed by atoms with Crippen molar-refractivity contribution in [3.05, 3.63) is 47.3 Å². The van der Waals surface area contributed by atoms with Crippen molar-refractivity contribution in [3.63, 3.8) is 0 Å². The SMILES string of the molecule is Cc1cc(-c2cc(C(C)S(N)(=O)=O)ccc2NC2CCC(C)CC2)cc(C)n1. The maximum atomic E-state index is 11.9. The number of nitrogens with two attached hydrogens (primary N) is 1. The van der Waals surface area contributed by atoms with Crippen LogP contribution in [0, 0.1) is 19.8 Å². The van der Waals surface area contributed by atoms with Crippen LogP contribution in [-0.4, -0.2) is 19.4 Å². The fraction of sp³-hybridized carbons (Fsp3) is 0.500.